The maximum atomic E-state index is 13.0. The Labute approximate surface area is 88.4 Å². The van der Waals surface area contributed by atoms with E-state index < -0.39 is 11.6 Å². The van der Waals surface area contributed by atoms with Crippen molar-refractivity contribution in [3.05, 3.63) is 28.2 Å². The molecule has 0 radical (unpaired) electrons. The van der Waals surface area contributed by atoms with Gasteiger partial charge in [-0.15, -0.1) is 0 Å². The van der Waals surface area contributed by atoms with Crippen LogP contribution >= 0.6 is 15.9 Å². The summed E-state index contributed by atoms with van der Waals surface area (Å²) in [4.78, 5) is 10.9. The van der Waals surface area contributed by atoms with Gasteiger partial charge < -0.3 is 5.32 Å². The first-order valence-electron chi connectivity index (χ1n) is 3.99. The van der Waals surface area contributed by atoms with Gasteiger partial charge in [0.05, 0.1) is 4.47 Å². The summed E-state index contributed by atoms with van der Waals surface area (Å²) in [5.41, 5.74) is 0.120. The first kappa shape index (κ1) is 11.1. The van der Waals surface area contributed by atoms with Gasteiger partial charge in [-0.25, -0.2) is 8.78 Å². The number of rotatable bonds is 2. The third-order valence-electron chi connectivity index (χ3n) is 1.59. The van der Waals surface area contributed by atoms with Gasteiger partial charge in [0.1, 0.15) is 11.6 Å². The molecule has 1 amide bonds. The maximum Gasteiger partial charge on any atom is 0.224 e. The van der Waals surface area contributed by atoms with Crippen LogP contribution in [0.25, 0.3) is 0 Å². The Hall–Kier alpha value is -0.970. The third kappa shape index (κ3) is 2.51. The van der Waals surface area contributed by atoms with E-state index in [1.54, 1.807) is 6.92 Å². The molecule has 5 heteroatoms. The number of nitrogens with one attached hydrogen (secondary N) is 1. The monoisotopic (exact) mass is 263 g/mol. The maximum absolute atomic E-state index is 13.0. The predicted octanol–water partition coefficient (Wildman–Crippen LogP) is 3.08. The van der Waals surface area contributed by atoms with Gasteiger partial charge in [0.25, 0.3) is 0 Å². The summed E-state index contributed by atoms with van der Waals surface area (Å²) < 4.78 is 25.7. The molecule has 0 unspecified atom stereocenters. The molecule has 0 aromatic heterocycles. The van der Waals surface area contributed by atoms with E-state index in [1.165, 1.54) is 0 Å². The van der Waals surface area contributed by atoms with E-state index in [2.05, 4.69) is 21.2 Å². The van der Waals surface area contributed by atoms with Crippen molar-refractivity contribution < 1.29 is 13.6 Å². The van der Waals surface area contributed by atoms with Gasteiger partial charge in [-0.3, -0.25) is 4.79 Å². The van der Waals surface area contributed by atoms with E-state index >= 15 is 0 Å². The lowest BCUT2D eigenvalue weighted by Crippen LogP contribution is -2.09. The van der Waals surface area contributed by atoms with Crippen LogP contribution in [-0.2, 0) is 4.79 Å². The number of amides is 1. The van der Waals surface area contributed by atoms with Crippen LogP contribution in [0, 0.1) is 11.6 Å². The standard InChI is InChI=1S/C9H8BrF2NO/c1-2-8(14)13-5-3-6(11)9(10)7(12)4-5/h3-4H,2H2,1H3,(H,13,14). The lowest BCUT2D eigenvalue weighted by molar-refractivity contribution is -0.115. The Morgan fingerprint density at radius 2 is 1.93 bits per heavy atom. The van der Waals surface area contributed by atoms with Crippen LogP contribution in [0.2, 0.25) is 0 Å². The van der Waals surface area contributed by atoms with Gasteiger partial charge in [-0.1, -0.05) is 6.92 Å². The van der Waals surface area contributed by atoms with E-state index in [1.807, 2.05) is 0 Å². The minimum atomic E-state index is -0.739. The highest BCUT2D eigenvalue weighted by atomic mass is 79.9. The SMILES string of the molecule is CCC(=O)Nc1cc(F)c(Br)c(F)c1. The van der Waals surface area contributed by atoms with Crippen LogP contribution in [0.5, 0.6) is 0 Å². The molecular weight excluding hydrogens is 256 g/mol. The second kappa shape index (κ2) is 4.50. The summed E-state index contributed by atoms with van der Waals surface area (Å²) in [6, 6.07) is 2.11. The summed E-state index contributed by atoms with van der Waals surface area (Å²) in [7, 11) is 0. The molecule has 0 fully saturated rings. The molecule has 0 saturated carbocycles. The molecule has 0 spiro atoms. The predicted molar refractivity (Wildman–Crippen MR) is 53.0 cm³/mol. The molecule has 0 heterocycles. The molecular formula is C9H8BrF2NO. The van der Waals surface area contributed by atoms with Crippen LogP contribution in [0.3, 0.4) is 0 Å². The normalized spacial score (nSPS) is 10.0. The Morgan fingerprint density at radius 3 is 2.36 bits per heavy atom. The van der Waals surface area contributed by atoms with Crippen molar-refractivity contribution in [1.29, 1.82) is 0 Å². The number of hydrogen-bond acceptors (Lipinski definition) is 1. The smallest absolute Gasteiger partial charge is 0.224 e. The van der Waals surface area contributed by atoms with Crippen LogP contribution < -0.4 is 5.32 Å². The fourth-order valence-corrected chi connectivity index (χ4v) is 1.11. The number of carbonyl (C=O) groups is 1. The van der Waals surface area contributed by atoms with Gasteiger partial charge >= 0.3 is 0 Å². The van der Waals surface area contributed by atoms with Crippen molar-refractivity contribution in [2.45, 2.75) is 13.3 Å². The molecule has 0 aliphatic rings. The molecule has 1 aromatic carbocycles. The third-order valence-corrected chi connectivity index (χ3v) is 2.35. The average molecular weight is 264 g/mol. The fourth-order valence-electron chi connectivity index (χ4n) is 0.877. The van der Waals surface area contributed by atoms with Crippen LogP contribution in [0.15, 0.2) is 16.6 Å². The summed E-state index contributed by atoms with van der Waals surface area (Å²) in [6.07, 6.45) is 0.263. The molecule has 1 rings (SSSR count). The van der Waals surface area contributed by atoms with E-state index in [0.29, 0.717) is 0 Å². The zero-order valence-corrected chi connectivity index (χ0v) is 8.99. The van der Waals surface area contributed by atoms with Gasteiger partial charge in [-0.2, -0.15) is 0 Å². The largest absolute Gasteiger partial charge is 0.326 e. The number of benzene rings is 1. The van der Waals surface area contributed by atoms with Crippen LogP contribution in [0.1, 0.15) is 13.3 Å². The Kier molecular flexibility index (Phi) is 3.57. The Bertz CT molecular complexity index is 345. The lowest BCUT2D eigenvalue weighted by Gasteiger charge is -2.05. The highest BCUT2D eigenvalue weighted by Gasteiger charge is 2.09. The summed E-state index contributed by atoms with van der Waals surface area (Å²) in [6.45, 7) is 1.65. The molecule has 2 nitrogen and oxygen atoms in total. The number of halogens is 3. The molecule has 0 atom stereocenters. The van der Waals surface area contributed by atoms with E-state index in [0.717, 1.165) is 12.1 Å². The van der Waals surface area contributed by atoms with Crippen LogP contribution in [0.4, 0.5) is 14.5 Å². The zero-order chi connectivity index (χ0) is 10.7. The van der Waals surface area contributed by atoms with E-state index in [-0.39, 0.29) is 22.5 Å². The highest BCUT2D eigenvalue weighted by molar-refractivity contribution is 9.10. The molecule has 0 bridgehead atoms. The first-order valence-corrected chi connectivity index (χ1v) is 4.78. The van der Waals surface area contributed by atoms with Crippen molar-refractivity contribution in [2.24, 2.45) is 0 Å². The zero-order valence-electron chi connectivity index (χ0n) is 7.40. The molecule has 0 aliphatic heterocycles. The van der Waals surface area contributed by atoms with Gasteiger partial charge in [0, 0.05) is 12.1 Å². The van der Waals surface area contributed by atoms with Crippen molar-refractivity contribution in [3.8, 4) is 0 Å². The summed E-state index contributed by atoms with van der Waals surface area (Å²) >= 11 is 2.73. The highest BCUT2D eigenvalue weighted by Crippen LogP contribution is 2.23. The van der Waals surface area contributed by atoms with Gasteiger partial charge in [0.2, 0.25) is 5.91 Å². The molecule has 1 aromatic rings. The second-order valence-corrected chi connectivity index (χ2v) is 3.45. The summed E-state index contributed by atoms with van der Waals surface area (Å²) in [5, 5.41) is 2.36. The quantitative estimate of drug-likeness (QED) is 0.817. The topological polar surface area (TPSA) is 29.1 Å². The lowest BCUT2D eigenvalue weighted by atomic mass is 10.3. The van der Waals surface area contributed by atoms with Crippen molar-refractivity contribution in [2.75, 3.05) is 5.32 Å². The molecule has 1 N–H and O–H groups in total. The summed E-state index contributed by atoms with van der Waals surface area (Å²) in [5.74, 6) is -1.76. The van der Waals surface area contributed by atoms with Gasteiger partial charge in [0.15, 0.2) is 0 Å². The van der Waals surface area contributed by atoms with Crippen molar-refractivity contribution in [1.82, 2.24) is 0 Å². The Morgan fingerprint density at radius 1 is 1.43 bits per heavy atom. The molecule has 0 saturated heterocycles. The van der Waals surface area contributed by atoms with E-state index in [9.17, 15) is 13.6 Å². The average Bonchev–Trinajstić information content (AvgIpc) is 2.14. The number of anilines is 1. The van der Waals surface area contributed by atoms with Crippen molar-refractivity contribution >= 4 is 27.5 Å². The Balaban J connectivity index is 2.95. The minimum Gasteiger partial charge on any atom is -0.326 e. The molecule has 14 heavy (non-hydrogen) atoms. The van der Waals surface area contributed by atoms with Crippen LogP contribution in [-0.4, -0.2) is 5.91 Å². The number of carbonyl (C=O) groups excluding carboxylic acids is 1. The van der Waals surface area contributed by atoms with Gasteiger partial charge in [-0.05, 0) is 28.1 Å². The number of hydrogen-bond donors (Lipinski definition) is 1. The minimum absolute atomic E-state index is 0.120. The second-order valence-electron chi connectivity index (χ2n) is 2.66. The molecule has 0 aliphatic carbocycles. The fraction of sp³-hybridized carbons (Fsp3) is 0.222. The van der Waals surface area contributed by atoms with E-state index in [4.69, 9.17) is 0 Å². The first-order chi connectivity index (χ1) is 6.54. The molecule has 76 valence electrons. The van der Waals surface area contributed by atoms with Crippen molar-refractivity contribution in [3.63, 3.8) is 0 Å².